The van der Waals surface area contributed by atoms with Crippen LogP contribution in [0.3, 0.4) is 0 Å². The molecule has 0 saturated carbocycles. The third kappa shape index (κ3) is 3.14. The number of furan rings is 1. The molecule has 0 fully saturated rings. The standard InChI is InChI=1S/C18H19N3O2S/c22-18(13-5-6-17-14(9-13)10-19-20-17)21(11-15-3-1-7-23-15)12-16-4-2-8-24-16/h1-4,7-8,10,13H,5-6,9,11-12H2,(H,19,20). The average molecular weight is 341 g/mol. The summed E-state index contributed by atoms with van der Waals surface area (Å²) in [7, 11) is 0. The summed E-state index contributed by atoms with van der Waals surface area (Å²) in [5.41, 5.74) is 2.35. The molecule has 0 aliphatic heterocycles. The number of hydrogen-bond acceptors (Lipinski definition) is 4. The van der Waals surface area contributed by atoms with Crippen molar-refractivity contribution in [3.8, 4) is 0 Å². The maximum absolute atomic E-state index is 13.1. The molecule has 0 spiro atoms. The van der Waals surface area contributed by atoms with Crippen molar-refractivity contribution >= 4 is 17.2 Å². The maximum atomic E-state index is 13.1. The molecule has 3 aromatic heterocycles. The van der Waals surface area contributed by atoms with Crippen LogP contribution in [0.25, 0.3) is 0 Å². The summed E-state index contributed by atoms with van der Waals surface area (Å²) in [4.78, 5) is 16.2. The van der Waals surface area contributed by atoms with Crippen LogP contribution in [0.1, 0.15) is 28.3 Å². The van der Waals surface area contributed by atoms with Crippen molar-refractivity contribution in [1.29, 1.82) is 0 Å². The van der Waals surface area contributed by atoms with Gasteiger partial charge in [0.05, 0.1) is 25.5 Å². The minimum atomic E-state index is 0.0185. The van der Waals surface area contributed by atoms with Crippen molar-refractivity contribution in [2.45, 2.75) is 32.4 Å². The van der Waals surface area contributed by atoms with E-state index >= 15 is 0 Å². The molecule has 4 rings (SSSR count). The Bertz CT molecular complexity index is 756. The number of aromatic nitrogens is 2. The van der Waals surface area contributed by atoms with E-state index in [1.807, 2.05) is 34.7 Å². The summed E-state index contributed by atoms with van der Waals surface area (Å²) in [6.07, 6.45) is 6.03. The lowest BCUT2D eigenvalue weighted by molar-refractivity contribution is -0.137. The fourth-order valence-corrected chi connectivity index (χ4v) is 4.00. The molecule has 1 atom stereocenters. The summed E-state index contributed by atoms with van der Waals surface area (Å²) in [5, 5.41) is 9.18. The molecule has 3 aromatic rings. The quantitative estimate of drug-likeness (QED) is 0.774. The molecular formula is C18H19N3O2S. The van der Waals surface area contributed by atoms with E-state index in [0.717, 1.165) is 25.0 Å². The predicted octanol–water partition coefficient (Wildman–Crippen LogP) is 3.40. The molecule has 0 aromatic carbocycles. The highest BCUT2D eigenvalue weighted by molar-refractivity contribution is 7.09. The van der Waals surface area contributed by atoms with Gasteiger partial charge in [0.15, 0.2) is 0 Å². The van der Waals surface area contributed by atoms with Crippen molar-refractivity contribution in [3.05, 3.63) is 64.0 Å². The molecule has 1 unspecified atom stereocenters. The van der Waals surface area contributed by atoms with E-state index < -0.39 is 0 Å². The second-order valence-corrected chi connectivity index (χ2v) is 7.20. The van der Waals surface area contributed by atoms with Gasteiger partial charge in [0.2, 0.25) is 5.91 Å². The number of nitrogens with zero attached hydrogens (tertiary/aromatic N) is 2. The lowest BCUT2D eigenvalue weighted by Crippen LogP contribution is -2.37. The number of fused-ring (bicyclic) bond motifs is 1. The molecule has 24 heavy (non-hydrogen) atoms. The summed E-state index contributed by atoms with van der Waals surface area (Å²) in [6.45, 7) is 1.14. The summed E-state index contributed by atoms with van der Waals surface area (Å²) >= 11 is 1.68. The van der Waals surface area contributed by atoms with Gasteiger partial charge in [0, 0.05) is 16.5 Å². The first-order valence-corrected chi connectivity index (χ1v) is 9.02. The maximum Gasteiger partial charge on any atom is 0.226 e. The molecule has 124 valence electrons. The Hall–Kier alpha value is -2.34. The highest BCUT2D eigenvalue weighted by atomic mass is 32.1. The number of thiophene rings is 1. The number of H-pyrrole nitrogens is 1. The molecule has 0 radical (unpaired) electrons. The molecule has 0 saturated heterocycles. The average Bonchev–Trinajstić information content (AvgIpc) is 3.35. The normalized spacial score (nSPS) is 16.8. The lowest BCUT2D eigenvalue weighted by atomic mass is 9.87. The van der Waals surface area contributed by atoms with Crippen molar-refractivity contribution in [2.24, 2.45) is 5.92 Å². The second-order valence-electron chi connectivity index (χ2n) is 6.17. The summed E-state index contributed by atoms with van der Waals surface area (Å²) < 4.78 is 5.46. The molecule has 6 heteroatoms. The molecule has 3 heterocycles. The first kappa shape index (κ1) is 15.2. The van der Waals surface area contributed by atoms with Gasteiger partial charge in [-0.05, 0) is 48.4 Å². The van der Waals surface area contributed by atoms with E-state index in [-0.39, 0.29) is 11.8 Å². The number of amides is 1. The number of rotatable bonds is 5. The van der Waals surface area contributed by atoms with Gasteiger partial charge in [-0.3, -0.25) is 9.89 Å². The minimum absolute atomic E-state index is 0.0185. The topological polar surface area (TPSA) is 62.1 Å². The number of nitrogens with one attached hydrogen (secondary N) is 1. The van der Waals surface area contributed by atoms with E-state index in [2.05, 4.69) is 16.3 Å². The van der Waals surface area contributed by atoms with Gasteiger partial charge < -0.3 is 9.32 Å². The Morgan fingerprint density at radius 3 is 3.12 bits per heavy atom. The van der Waals surface area contributed by atoms with Crippen LogP contribution in [0.2, 0.25) is 0 Å². The number of carbonyl (C=O) groups is 1. The molecule has 1 aliphatic rings. The Labute approximate surface area is 144 Å². The Morgan fingerprint density at radius 2 is 2.33 bits per heavy atom. The molecule has 5 nitrogen and oxygen atoms in total. The fourth-order valence-electron chi connectivity index (χ4n) is 3.28. The zero-order chi connectivity index (χ0) is 16.4. The second kappa shape index (κ2) is 6.65. The van der Waals surface area contributed by atoms with E-state index in [9.17, 15) is 4.79 Å². The minimum Gasteiger partial charge on any atom is -0.467 e. The van der Waals surface area contributed by atoms with Crippen molar-refractivity contribution in [2.75, 3.05) is 0 Å². The van der Waals surface area contributed by atoms with Crippen molar-refractivity contribution < 1.29 is 9.21 Å². The predicted molar refractivity (Wildman–Crippen MR) is 91.4 cm³/mol. The van der Waals surface area contributed by atoms with Crippen LogP contribution in [0.5, 0.6) is 0 Å². The van der Waals surface area contributed by atoms with Gasteiger partial charge in [-0.2, -0.15) is 5.10 Å². The lowest BCUT2D eigenvalue weighted by Gasteiger charge is -2.28. The van der Waals surface area contributed by atoms with Gasteiger partial charge in [-0.25, -0.2) is 0 Å². The van der Waals surface area contributed by atoms with Crippen LogP contribution < -0.4 is 0 Å². The highest BCUT2D eigenvalue weighted by Crippen LogP contribution is 2.27. The first-order valence-electron chi connectivity index (χ1n) is 8.14. The third-order valence-corrected chi connectivity index (χ3v) is 5.39. The van der Waals surface area contributed by atoms with Gasteiger partial charge in [0.25, 0.3) is 0 Å². The summed E-state index contributed by atoms with van der Waals surface area (Å²) in [5.74, 6) is 1.04. The summed E-state index contributed by atoms with van der Waals surface area (Å²) in [6, 6.07) is 7.88. The van der Waals surface area contributed by atoms with Gasteiger partial charge in [-0.15, -0.1) is 11.3 Å². The molecule has 1 N–H and O–H groups in total. The van der Waals surface area contributed by atoms with Crippen LogP contribution in [0, 0.1) is 5.92 Å². The van der Waals surface area contributed by atoms with Crippen LogP contribution in [0.4, 0.5) is 0 Å². The highest BCUT2D eigenvalue weighted by Gasteiger charge is 2.29. The number of carbonyl (C=O) groups excluding carboxylic acids is 1. The van der Waals surface area contributed by atoms with Gasteiger partial charge in [-0.1, -0.05) is 6.07 Å². The molecule has 1 amide bonds. The Balaban J connectivity index is 1.52. The van der Waals surface area contributed by atoms with E-state index in [1.165, 1.54) is 16.1 Å². The Morgan fingerprint density at radius 1 is 1.38 bits per heavy atom. The number of hydrogen-bond donors (Lipinski definition) is 1. The van der Waals surface area contributed by atoms with Crippen LogP contribution in [-0.4, -0.2) is 21.0 Å². The zero-order valence-electron chi connectivity index (χ0n) is 13.3. The zero-order valence-corrected chi connectivity index (χ0v) is 14.1. The SMILES string of the molecule is O=C(C1CCc2[nH]ncc2C1)N(Cc1ccco1)Cc1cccs1. The Kier molecular flexibility index (Phi) is 4.21. The fraction of sp³-hybridized carbons (Fsp3) is 0.333. The van der Waals surface area contributed by atoms with Crippen LogP contribution in [0.15, 0.2) is 46.5 Å². The van der Waals surface area contributed by atoms with Gasteiger partial charge in [0.1, 0.15) is 5.76 Å². The number of aromatic amines is 1. The van der Waals surface area contributed by atoms with Crippen LogP contribution >= 0.6 is 11.3 Å². The van der Waals surface area contributed by atoms with E-state index in [0.29, 0.717) is 13.1 Å². The number of aryl methyl sites for hydroxylation is 1. The van der Waals surface area contributed by atoms with E-state index in [1.54, 1.807) is 17.6 Å². The first-order chi connectivity index (χ1) is 11.8. The van der Waals surface area contributed by atoms with Crippen LogP contribution in [-0.2, 0) is 30.7 Å². The van der Waals surface area contributed by atoms with Crippen molar-refractivity contribution in [3.63, 3.8) is 0 Å². The molecular weight excluding hydrogens is 322 g/mol. The third-order valence-electron chi connectivity index (χ3n) is 4.53. The van der Waals surface area contributed by atoms with E-state index in [4.69, 9.17) is 4.42 Å². The molecule has 0 bridgehead atoms. The molecule has 1 aliphatic carbocycles. The largest absolute Gasteiger partial charge is 0.467 e. The smallest absolute Gasteiger partial charge is 0.226 e. The van der Waals surface area contributed by atoms with Crippen molar-refractivity contribution in [1.82, 2.24) is 15.1 Å². The van der Waals surface area contributed by atoms with Gasteiger partial charge >= 0.3 is 0 Å². The monoisotopic (exact) mass is 341 g/mol.